The van der Waals surface area contributed by atoms with E-state index in [1.807, 2.05) is 40.7 Å². The molecule has 0 saturated heterocycles. The van der Waals surface area contributed by atoms with E-state index in [1.165, 1.54) is 5.57 Å². The van der Waals surface area contributed by atoms with E-state index in [0.717, 1.165) is 12.0 Å². The van der Waals surface area contributed by atoms with Crippen LogP contribution < -0.4 is 0 Å². The molecule has 1 rings (SSSR count). The lowest BCUT2D eigenvalue weighted by molar-refractivity contribution is -0.176. The summed E-state index contributed by atoms with van der Waals surface area (Å²) in [6.07, 6.45) is 2.48. The molecule has 0 bridgehead atoms. The Hall–Kier alpha value is -0.600. The highest BCUT2D eigenvalue weighted by Crippen LogP contribution is 2.52. The van der Waals surface area contributed by atoms with E-state index >= 15 is 0 Å². The van der Waals surface area contributed by atoms with Gasteiger partial charge in [0, 0.05) is 5.41 Å². The van der Waals surface area contributed by atoms with Gasteiger partial charge < -0.3 is 10.2 Å². The minimum absolute atomic E-state index is 0.344. The van der Waals surface area contributed by atoms with Crippen LogP contribution in [0.3, 0.4) is 0 Å². The molecule has 0 aliphatic heterocycles. The first-order chi connectivity index (χ1) is 7.98. The molecule has 0 heterocycles. The van der Waals surface area contributed by atoms with Crippen molar-refractivity contribution >= 4 is 0 Å². The van der Waals surface area contributed by atoms with Gasteiger partial charge in [-0.2, -0.15) is 0 Å². The molecule has 2 atom stereocenters. The molecular formula is C16H28O2. The minimum Gasteiger partial charge on any atom is -0.390 e. The largest absolute Gasteiger partial charge is 0.390 e. The molecule has 0 amide bonds. The van der Waals surface area contributed by atoms with Gasteiger partial charge in [0.2, 0.25) is 0 Å². The first-order valence-electron chi connectivity index (χ1n) is 6.71. The van der Waals surface area contributed by atoms with Gasteiger partial charge in [-0.05, 0) is 30.8 Å². The van der Waals surface area contributed by atoms with Crippen molar-refractivity contribution in [3.05, 3.63) is 23.8 Å². The summed E-state index contributed by atoms with van der Waals surface area (Å²) in [4.78, 5) is 0. The Kier molecular flexibility index (Phi) is 3.86. The third-order valence-corrected chi connectivity index (χ3v) is 4.57. The van der Waals surface area contributed by atoms with Crippen LogP contribution in [-0.2, 0) is 0 Å². The van der Waals surface area contributed by atoms with Crippen LogP contribution >= 0.6 is 0 Å². The zero-order chi connectivity index (χ0) is 14.4. The third kappa shape index (κ3) is 2.17. The smallest absolute Gasteiger partial charge is 0.100 e. The summed E-state index contributed by atoms with van der Waals surface area (Å²) < 4.78 is 0. The first kappa shape index (κ1) is 15.5. The SMILES string of the molecule is C=CC1=C(C)CC[C@@](O)([C@@H](O)C(C)(C)C)C1(C)C. The fraction of sp³-hybridized carbons (Fsp3) is 0.750. The summed E-state index contributed by atoms with van der Waals surface area (Å²) in [5.41, 5.74) is 0.405. The van der Waals surface area contributed by atoms with E-state index in [4.69, 9.17) is 0 Å². The van der Waals surface area contributed by atoms with E-state index in [0.29, 0.717) is 6.42 Å². The average Bonchev–Trinajstić information content (AvgIpc) is 2.22. The van der Waals surface area contributed by atoms with Crippen LogP contribution in [0.5, 0.6) is 0 Å². The van der Waals surface area contributed by atoms with Gasteiger partial charge in [-0.25, -0.2) is 0 Å². The van der Waals surface area contributed by atoms with Crippen molar-refractivity contribution in [1.29, 1.82) is 0 Å². The van der Waals surface area contributed by atoms with E-state index < -0.39 is 17.1 Å². The second-order valence-corrected chi connectivity index (χ2v) is 7.22. The number of allylic oxidation sites excluding steroid dienone is 2. The zero-order valence-electron chi connectivity index (χ0n) is 12.7. The zero-order valence-corrected chi connectivity index (χ0v) is 12.7. The highest BCUT2D eigenvalue weighted by molar-refractivity contribution is 5.36. The molecule has 0 spiro atoms. The van der Waals surface area contributed by atoms with Crippen LogP contribution in [0, 0.1) is 10.8 Å². The summed E-state index contributed by atoms with van der Waals surface area (Å²) in [5.74, 6) is 0. The van der Waals surface area contributed by atoms with Crippen LogP contribution in [-0.4, -0.2) is 21.9 Å². The highest BCUT2D eigenvalue weighted by atomic mass is 16.3. The second-order valence-electron chi connectivity index (χ2n) is 7.22. The van der Waals surface area contributed by atoms with Crippen molar-refractivity contribution < 1.29 is 10.2 Å². The van der Waals surface area contributed by atoms with Crippen LogP contribution in [0.15, 0.2) is 23.8 Å². The maximum atomic E-state index is 11.1. The minimum atomic E-state index is -1.10. The fourth-order valence-electron chi connectivity index (χ4n) is 3.22. The highest BCUT2D eigenvalue weighted by Gasteiger charge is 2.55. The average molecular weight is 252 g/mol. The van der Waals surface area contributed by atoms with Crippen molar-refractivity contribution in [2.24, 2.45) is 10.8 Å². The molecule has 1 aliphatic rings. The molecule has 1 aliphatic carbocycles. The normalized spacial score (nSPS) is 30.2. The Labute approximate surface area is 111 Å². The molecule has 18 heavy (non-hydrogen) atoms. The lowest BCUT2D eigenvalue weighted by atomic mass is 9.57. The quantitative estimate of drug-likeness (QED) is 0.790. The van der Waals surface area contributed by atoms with Gasteiger partial charge in [0.05, 0.1) is 6.10 Å². The molecule has 104 valence electrons. The van der Waals surface area contributed by atoms with Crippen molar-refractivity contribution in [3.63, 3.8) is 0 Å². The molecule has 2 nitrogen and oxygen atoms in total. The summed E-state index contributed by atoms with van der Waals surface area (Å²) in [6.45, 7) is 15.8. The number of hydrogen-bond donors (Lipinski definition) is 2. The van der Waals surface area contributed by atoms with Crippen molar-refractivity contribution in [2.45, 2.75) is 66.1 Å². The molecule has 0 aromatic heterocycles. The summed E-state index contributed by atoms with van der Waals surface area (Å²) in [7, 11) is 0. The van der Waals surface area contributed by atoms with Gasteiger partial charge in [0.1, 0.15) is 5.60 Å². The second kappa shape index (κ2) is 4.50. The van der Waals surface area contributed by atoms with E-state index in [9.17, 15) is 10.2 Å². The monoisotopic (exact) mass is 252 g/mol. The Morgan fingerprint density at radius 1 is 1.33 bits per heavy atom. The lowest BCUT2D eigenvalue weighted by Gasteiger charge is -2.53. The summed E-state index contributed by atoms with van der Waals surface area (Å²) >= 11 is 0. The van der Waals surface area contributed by atoms with Gasteiger partial charge >= 0.3 is 0 Å². The van der Waals surface area contributed by atoms with Gasteiger partial charge in [0.25, 0.3) is 0 Å². The number of aliphatic hydroxyl groups excluding tert-OH is 1. The molecule has 0 fully saturated rings. The molecule has 0 aromatic rings. The third-order valence-electron chi connectivity index (χ3n) is 4.57. The predicted octanol–water partition coefficient (Wildman–Crippen LogP) is 3.45. The maximum absolute atomic E-state index is 11.1. The maximum Gasteiger partial charge on any atom is 0.100 e. The number of rotatable bonds is 2. The number of hydrogen-bond acceptors (Lipinski definition) is 2. The Balaban J connectivity index is 3.32. The van der Waals surface area contributed by atoms with Gasteiger partial charge in [0.15, 0.2) is 0 Å². The first-order valence-corrected chi connectivity index (χ1v) is 6.71. The molecular weight excluding hydrogens is 224 g/mol. The van der Waals surface area contributed by atoms with Gasteiger partial charge in [-0.1, -0.05) is 52.8 Å². The Bertz CT molecular complexity index is 371. The fourth-order valence-corrected chi connectivity index (χ4v) is 3.22. The predicted molar refractivity (Wildman–Crippen MR) is 76.3 cm³/mol. The van der Waals surface area contributed by atoms with Crippen LogP contribution in [0.2, 0.25) is 0 Å². The molecule has 2 N–H and O–H groups in total. The van der Waals surface area contributed by atoms with E-state index in [2.05, 4.69) is 13.5 Å². The standard InChI is InChI=1S/C16H28O2/c1-8-12-11(2)9-10-16(18,15(12,6)7)13(17)14(3,4)5/h8,13,17-18H,1,9-10H2,2-7H3/t13-,16+/m0/s1. The van der Waals surface area contributed by atoms with Crippen molar-refractivity contribution in [1.82, 2.24) is 0 Å². The lowest BCUT2D eigenvalue weighted by Crippen LogP contribution is -2.60. The van der Waals surface area contributed by atoms with Crippen molar-refractivity contribution in [3.8, 4) is 0 Å². The molecule has 0 aromatic carbocycles. The molecule has 2 heteroatoms. The topological polar surface area (TPSA) is 40.5 Å². The summed E-state index contributed by atoms with van der Waals surface area (Å²) in [6, 6.07) is 0. The van der Waals surface area contributed by atoms with E-state index in [1.54, 1.807) is 0 Å². The van der Waals surface area contributed by atoms with Crippen LogP contribution in [0.4, 0.5) is 0 Å². The molecule has 0 radical (unpaired) electrons. The Morgan fingerprint density at radius 3 is 2.22 bits per heavy atom. The molecule has 0 saturated carbocycles. The van der Waals surface area contributed by atoms with Gasteiger partial charge in [-0.3, -0.25) is 0 Å². The molecule has 0 unspecified atom stereocenters. The Morgan fingerprint density at radius 2 is 1.83 bits per heavy atom. The van der Waals surface area contributed by atoms with Crippen molar-refractivity contribution in [2.75, 3.05) is 0 Å². The summed E-state index contributed by atoms with van der Waals surface area (Å²) in [5, 5.41) is 21.7. The van der Waals surface area contributed by atoms with Crippen LogP contribution in [0.1, 0.15) is 54.4 Å². The number of aliphatic hydroxyl groups is 2. The van der Waals surface area contributed by atoms with Crippen LogP contribution in [0.25, 0.3) is 0 Å². The van der Waals surface area contributed by atoms with Gasteiger partial charge in [-0.15, -0.1) is 0 Å². The van der Waals surface area contributed by atoms with E-state index in [-0.39, 0.29) is 5.41 Å².